The average Bonchev–Trinajstić information content (AvgIpc) is 3.23. The van der Waals surface area contributed by atoms with Crippen LogP contribution in [0.15, 0.2) is 53.1 Å². The summed E-state index contributed by atoms with van der Waals surface area (Å²) in [6.07, 6.45) is 0.226. The van der Waals surface area contributed by atoms with Gasteiger partial charge in [0.15, 0.2) is 0 Å². The van der Waals surface area contributed by atoms with Crippen LogP contribution in [0.5, 0.6) is 0 Å². The molecular formula is C19H16FN3O2. The number of rotatable bonds is 3. The fourth-order valence-corrected chi connectivity index (χ4v) is 3.11. The van der Waals surface area contributed by atoms with E-state index in [1.54, 1.807) is 18.2 Å². The summed E-state index contributed by atoms with van der Waals surface area (Å²) in [5.74, 6) is 0.112. The first kappa shape index (κ1) is 15.5. The zero-order chi connectivity index (χ0) is 17.4. The zero-order valence-corrected chi connectivity index (χ0v) is 13.6. The predicted octanol–water partition coefficient (Wildman–Crippen LogP) is 3.70. The van der Waals surface area contributed by atoms with Gasteiger partial charge in [-0.1, -0.05) is 41.6 Å². The van der Waals surface area contributed by atoms with Gasteiger partial charge in [0.05, 0.1) is 11.6 Å². The monoisotopic (exact) mass is 337 g/mol. The molecule has 126 valence electrons. The van der Waals surface area contributed by atoms with Crippen LogP contribution in [-0.2, 0) is 4.79 Å². The maximum absolute atomic E-state index is 14.0. The van der Waals surface area contributed by atoms with Gasteiger partial charge in [-0.3, -0.25) is 4.79 Å². The number of carbonyl (C=O) groups excluding carboxylic acids is 1. The van der Waals surface area contributed by atoms with Crippen molar-refractivity contribution in [3.8, 4) is 11.4 Å². The van der Waals surface area contributed by atoms with Gasteiger partial charge in [0.2, 0.25) is 17.6 Å². The number of nitrogens with zero attached hydrogens (tertiary/aromatic N) is 3. The Morgan fingerprint density at radius 1 is 1.16 bits per heavy atom. The lowest BCUT2D eigenvalue weighted by Gasteiger charge is -2.16. The molecule has 0 bridgehead atoms. The van der Waals surface area contributed by atoms with Crippen LogP contribution in [0, 0.1) is 12.7 Å². The highest BCUT2D eigenvalue weighted by molar-refractivity contribution is 5.96. The van der Waals surface area contributed by atoms with E-state index in [-0.39, 0.29) is 23.9 Å². The third-order valence-electron chi connectivity index (χ3n) is 4.45. The van der Waals surface area contributed by atoms with E-state index in [1.165, 1.54) is 11.0 Å². The van der Waals surface area contributed by atoms with E-state index in [9.17, 15) is 9.18 Å². The van der Waals surface area contributed by atoms with E-state index in [4.69, 9.17) is 4.52 Å². The number of amides is 1. The van der Waals surface area contributed by atoms with Crippen LogP contribution in [0.3, 0.4) is 0 Å². The van der Waals surface area contributed by atoms with Crippen LogP contribution in [0.25, 0.3) is 11.4 Å². The third-order valence-corrected chi connectivity index (χ3v) is 4.45. The van der Waals surface area contributed by atoms with Crippen molar-refractivity contribution in [2.24, 2.45) is 0 Å². The second-order valence-corrected chi connectivity index (χ2v) is 6.13. The number of anilines is 1. The fourth-order valence-electron chi connectivity index (χ4n) is 3.11. The summed E-state index contributed by atoms with van der Waals surface area (Å²) >= 11 is 0. The van der Waals surface area contributed by atoms with E-state index in [0.29, 0.717) is 18.3 Å². The van der Waals surface area contributed by atoms with Crippen molar-refractivity contribution >= 4 is 11.6 Å². The number of carbonyl (C=O) groups is 1. The minimum atomic E-state index is -0.414. The van der Waals surface area contributed by atoms with E-state index < -0.39 is 5.82 Å². The quantitative estimate of drug-likeness (QED) is 0.731. The Kier molecular flexibility index (Phi) is 3.80. The van der Waals surface area contributed by atoms with Gasteiger partial charge in [0.25, 0.3) is 0 Å². The lowest BCUT2D eigenvalue weighted by molar-refractivity contribution is -0.117. The molecular weight excluding hydrogens is 321 g/mol. The molecule has 4 rings (SSSR count). The number of hydrogen-bond donors (Lipinski definition) is 0. The number of halogens is 1. The molecule has 25 heavy (non-hydrogen) atoms. The largest absolute Gasteiger partial charge is 0.339 e. The third kappa shape index (κ3) is 2.80. The van der Waals surface area contributed by atoms with Gasteiger partial charge in [-0.05, 0) is 24.6 Å². The average molecular weight is 337 g/mol. The van der Waals surface area contributed by atoms with Crippen molar-refractivity contribution in [3.63, 3.8) is 0 Å². The van der Waals surface area contributed by atoms with E-state index in [2.05, 4.69) is 10.1 Å². The standard InChI is InChI=1S/C19H16FN3O2/c1-12-6-2-3-7-14(12)18-21-19(25-22-18)13-10-17(24)23(11-13)16-9-5-4-8-15(16)20/h2-9,13H,10-11H2,1H3. The summed E-state index contributed by atoms with van der Waals surface area (Å²) in [7, 11) is 0. The first-order valence-corrected chi connectivity index (χ1v) is 8.08. The fraction of sp³-hybridized carbons (Fsp3) is 0.211. The predicted molar refractivity (Wildman–Crippen MR) is 90.6 cm³/mol. The summed E-state index contributed by atoms with van der Waals surface area (Å²) in [4.78, 5) is 18.2. The number of aryl methyl sites for hydroxylation is 1. The molecule has 1 fully saturated rings. The van der Waals surface area contributed by atoms with Gasteiger partial charge in [-0.25, -0.2) is 4.39 Å². The van der Waals surface area contributed by atoms with E-state index in [1.807, 2.05) is 31.2 Å². The summed E-state index contributed by atoms with van der Waals surface area (Å²) < 4.78 is 19.4. The van der Waals surface area contributed by atoms with Crippen LogP contribution in [-0.4, -0.2) is 22.6 Å². The summed E-state index contributed by atoms with van der Waals surface area (Å²) in [5, 5.41) is 4.04. The van der Waals surface area contributed by atoms with Crippen molar-refractivity contribution in [2.45, 2.75) is 19.3 Å². The summed E-state index contributed by atoms with van der Waals surface area (Å²) in [6.45, 7) is 2.31. The minimum Gasteiger partial charge on any atom is -0.339 e. The van der Waals surface area contributed by atoms with Crippen LogP contribution >= 0.6 is 0 Å². The molecule has 1 amide bonds. The number of para-hydroxylation sites is 1. The van der Waals surface area contributed by atoms with Gasteiger partial charge in [0, 0.05) is 18.5 Å². The Hall–Kier alpha value is -3.02. The maximum Gasteiger partial charge on any atom is 0.232 e. The summed E-state index contributed by atoms with van der Waals surface area (Å²) in [6, 6.07) is 14.0. The molecule has 0 N–H and O–H groups in total. The highest BCUT2D eigenvalue weighted by atomic mass is 19.1. The van der Waals surface area contributed by atoms with Crippen LogP contribution in [0.4, 0.5) is 10.1 Å². The Bertz CT molecular complexity index is 938. The van der Waals surface area contributed by atoms with Crippen LogP contribution in [0.1, 0.15) is 23.8 Å². The number of hydrogen-bond acceptors (Lipinski definition) is 4. The number of benzene rings is 2. The van der Waals surface area contributed by atoms with Crippen LogP contribution < -0.4 is 4.90 Å². The first-order valence-electron chi connectivity index (χ1n) is 8.08. The molecule has 1 aromatic heterocycles. The molecule has 0 radical (unpaired) electrons. The Labute approximate surface area is 144 Å². The van der Waals surface area contributed by atoms with Crippen molar-refractivity contribution in [3.05, 3.63) is 65.8 Å². The van der Waals surface area contributed by atoms with Crippen LogP contribution in [0.2, 0.25) is 0 Å². The maximum atomic E-state index is 14.0. The molecule has 6 heteroatoms. The van der Waals surface area contributed by atoms with Gasteiger partial charge < -0.3 is 9.42 Å². The summed E-state index contributed by atoms with van der Waals surface area (Å²) in [5.41, 5.74) is 2.23. The Morgan fingerprint density at radius 3 is 2.72 bits per heavy atom. The second-order valence-electron chi connectivity index (χ2n) is 6.13. The van der Waals surface area contributed by atoms with Gasteiger partial charge in [-0.15, -0.1) is 0 Å². The lowest BCUT2D eigenvalue weighted by atomic mass is 10.1. The van der Waals surface area contributed by atoms with E-state index in [0.717, 1.165) is 11.1 Å². The molecule has 0 saturated carbocycles. The first-order chi connectivity index (χ1) is 12.1. The molecule has 2 aromatic carbocycles. The van der Waals surface area contributed by atoms with Gasteiger partial charge in [0.1, 0.15) is 5.82 Å². The topological polar surface area (TPSA) is 59.2 Å². The van der Waals surface area contributed by atoms with E-state index >= 15 is 0 Å². The molecule has 1 atom stereocenters. The molecule has 1 saturated heterocycles. The smallest absolute Gasteiger partial charge is 0.232 e. The lowest BCUT2D eigenvalue weighted by Crippen LogP contribution is -2.25. The molecule has 5 nitrogen and oxygen atoms in total. The van der Waals surface area contributed by atoms with Crippen molar-refractivity contribution < 1.29 is 13.7 Å². The molecule has 0 aliphatic carbocycles. The molecule has 3 aromatic rings. The minimum absolute atomic E-state index is 0.147. The molecule has 1 aliphatic rings. The molecule has 2 heterocycles. The molecule has 1 unspecified atom stereocenters. The van der Waals surface area contributed by atoms with Crippen molar-refractivity contribution in [1.29, 1.82) is 0 Å². The highest BCUT2D eigenvalue weighted by Gasteiger charge is 2.36. The normalized spacial score (nSPS) is 17.3. The highest BCUT2D eigenvalue weighted by Crippen LogP contribution is 2.33. The zero-order valence-electron chi connectivity index (χ0n) is 13.6. The molecule has 1 aliphatic heterocycles. The van der Waals surface area contributed by atoms with Gasteiger partial charge >= 0.3 is 0 Å². The second kappa shape index (κ2) is 6.12. The molecule has 0 spiro atoms. The van der Waals surface area contributed by atoms with Gasteiger partial charge in [-0.2, -0.15) is 4.98 Å². The SMILES string of the molecule is Cc1ccccc1-c1noc(C2CC(=O)N(c3ccccc3F)C2)n1. The van der Waals surface area contributed by atoms with Crippen molar-refractivity contribution in [2.75, 3.05) is 11.4 Å². The Morgan fingerprint density at radius 2 is 1.92 bits per heavy atom. The van der Waals surface area contributed by atoms with Crippen molar-refractivity contribution in [1.82, 2.24) is 10.1 Å². The Balaban J connectivity index is 1.59. The number of aromatic nitrogens is 2.